The van der Waals surface area contributed by atoms with Gasteiger partial charge in [-0.1, -0.05) is 6.07 Å². The molecule has 1 fully saturated rings. The molecule has 0 spiro atoms. The standard InChI is InChI=1S/C15H20FNO3/c1-3-19-15(18)14(13-8-7-10(2)20-13)17-12-6-4-5-11(16)9-12/h4-6,9-10,13-14,17H,3,7-8H2,1-2H3. The van der Waals surface area contributed by atoms with Crippen LogP contribution in [0, 0.1) is 5.82 Å². The van der Waals surface area contributed by atoms with Gasteiger partial charge in [-0.2, -0.15) is 0 Å². The van der Waals surface area contributed by atoms with Crippen molar-refractivity contribution in [2.24, 2.45) is 0 Å². The number of hydrogen-bond acceptors (Lipinski definition) is 4. The van der Waals surface area contributed by atoms with Crippen LogP contribution in [0.25, 0.3) is 0 Å². The summed E-state index contributed by atoms with van der Waals surface area (Å²) in [6.07, 6.45) is 1.58. The zero-order valence-electron chi connectivity index (χ0n) is 11.8. The Morgan fingerprint density at radius 2 is 2.35 bits per heavy atom. The van der Waals surface area contributed by atoms with Gasteiger partial charge in [0.2, 0.25) is 0 Å². The number of rotatable bonds is 5. The third-order valence-electron chi connectivity index (χ3n) is 3.32. The zero-order valence-corrected chi connectivity index (χ0v) is 11.8. The number of hydrogen-bond donors (Lipinski definition) is 1. The first kappa shape index (κ1) is 14.8. The number of anilines is 1. The molecule has 5 heteroatoms. The average molecular weight is 281 g/mol. The van der Waals surface area contributed by atoms with Crippen molar-refractivity contribution in [2.75, 3.05) is 11.9 Å². The Hall–Kier alpha value is -1.62. The lowest BCUT2D eigenvalue weighted by atomic mass is 10.1. The molecule has 1 saturated heterocycles. The van der Waals surface area contributed by atoms with Crippen LogP contribution >= 0.6 is 0 Å². The van der Waals surface area contributed by atoms with Crippen molar-refractivity contribution in [3.63, 3.8) is 0 Å². The normalized spacial score (nSPS) is 23.4. The van der Waals surface area contributed by atoms with Crippen LogP contribution < -0.4 is 5.32 Å². The van der Waals surface area contributed by atoms with Gasteiger partial charge in [0.1, 0.15) is 5.82 Å². The minimum atomic E-state index is -0.610. The molecule has 1 heterocycles. The molecule has 1 N–H and O–H groups in total. The van der Waals surface area contributed by atoms with Gasteiger partial charge in [0.15, 0.2) is 6.04 Å². The van der Waals surface area contributed by atoms with E-state index in [9.17, 15) is 9.18 Å². The number of carbonyl (C=O) groups excluding carboxylic acids is 1. The molecule has 0 aliphatic carbocycles. The topological polar surface area (TPSA) is 47.6 Å². The van der Waals surface area contributed by atoms with E-state index in [0.717, 1.165) is 12.8 Å². The zero-order chi connectivity index (χ0) is 14.5. The Balaban J connectivity index is 2.11. The van der Waals surface area contributed by atoms with Crippen molar-refractivity contribution < 1.29 is 18.7 Å². The number of nitrogens with one attached hydrogen (secondary N) is 1. The molecule has 2 rings (SSSR count). The number of benzene rings is 1. The van der Waals surface area contributed by atoms with Crippen molar-refractivity contribution in [1.29, 1.82) is 0 Å². The van der Waals surface area contributed by atoms with Crippen LogP contribution in [0.3, 0.4) is 0 Å². The van der Waals surface area contributed by atoms with Crippen LogP contribution in [-0.4, -0.2) is 30.8 Å². The summed E-state index contributed by atoms with van der Waals surface area (Å²) in [5, 5.41) is 3.03. The van der Waals surface area contributed by atoms with Crippen molar-refractivity contribution in [3.8, 4) is 0 Å². The van der Waals surface area contributed by atoms with E-state index in [-0.39, 0.29) is 24.0 Å². The van der Waals surface area contributed by atoms with Crippen LogP contribution in [0.5, 0.6) is 0 Å². The second kappa shape index (κ2) is 6.70. The van der Waals surface area contributed by atoms with Gasteiger partial charge >= 0.3 is 5.97 Å². The van der Waals surface area contributed by atoms with E-state index in [2.05, 4.69) is 5.32 Å². The predicted molar refractivity (Wildman–Crippen MR) is 74.0 cm³/mol. The second-order valence-corrected chi connectivity index (χ2v) is 4.95. The molecule has 0 amide bonds. The summed E-state index contributed by atoms with van der Waals surface area (Å²) in [7, 11) is 0. The van der Waals surface area contributed by atoms with Gasteiger partial charge in [-0.15, -0.1) is 0 Å². The summed E-state index contributed by atoms with van der Waals surface area (Å²) in [5.41, 5.74) is 0.547. The molecule has 0 aromatic heterocycles. The molecule has 0 bridgehead atoms. The van der Waals surface area contributed by atoms with Crippen molar-refractivity contribution in [3.05, 3.63) is 30.1 Å². The number of ether oxygens (including phenoxy) is 2. The summed E-state index contributed by atoms with van der Waals surface area (Å²) < 4.78 is 24.0. The Kier molecular flexibility index (Phi) is 4.95. The smallest absolute Gasteiger partial charge is 0.331 e. The maximum absolute atomic E-state index is 13.2. The van der Waals surface area contributed by atoms with E-state index in [1.165, 1.54) is 12.1 Å². The molecule has 3 unspecified atom stereocenters. The predicted octanol–water partition coefficient (Wildman–Crippen LogP) is 2.74. The minimum absolute atomic E-state index is 0.131. The highest BCUT2D eigenvalue weighted by molar-refractivity contribution is 5.80. The van der Waals surface area contributed by atoms with Gasteiger partial charge < -0.3 is 14.8 Å². The van der Waals surface area contributed by atoms with E-state index in [0.29, 0.717) is 12.3 Å². The Morgan fingerprint density at radius 1 is 1.55 bits per heavy atom. The summed E-state index contributed by atoms with van der Waals surface area (Å²) in [6.45, 7) is 4.04. The van der Waals surface area contributed by atoms with Gasteiger partial charge in [-0.3, -0.25) is 0 Å². The van der Waals surface area contributed by atoms with Crippen LogP contribution in [0.15, 0.2) is 24.3 Å². The fraction of sp³-hybridized carbons (Fsp3) is 0.533. The summed E-state index contributed by atoms with van der Waals surface area (Å²) in [4.78, 5) is 12.1. The second-order valence-electron chi connectivity index (χ2n) is 4.95. The van der Waals surface area contributed by atoms with Gasteiger partial charge in [0.25, 0.3) is 0 Å². The van der Waals surface area contributed by atoms with Crippen LogP contribution in [-0.2, 0) is 14.3 Å². The van der Waals surface area contributed by atoms with Gasteiger partial charge in [-0.05, 0) is 44.9 Å². The minimum Gasteiger partial charge on any atom is -0.464 e. The fourth-order valence-electron chi connectivity index (χ4n) is 2.37. The van der Waals surface area contributed by atoms with Crippen molar-refractivity contribution in [2.45, 2.75) is 44.9 Å². The highest BCUT2D eigenvalue weighted by Crippen LogP contribution is 2.25. The van der Waals surface area contributed by atoms with Crippen LogP contribution in [0.4, 0.5) is 10.1 Å². The first-order chi connectivity index (χ1) is 9.60. The molecule has 1 aliphatic heterocycles. The molecule has 0 saturated carbocycles. The maximum Gasteiger partial charge on any atom is 0.331 e. The monoisotopic (exact) mass is 281 g/mol. The molecule has 1 aromatic rings. The third-order valence-corrected chi connectivity index (χ3v) is 3.32. The molecule has 3 atom stereocenters. The first-order valence-electron chi connectivity index (χ1n) is 6.94. The van der Waals surface area contributed by atoms with Crippen LogP contribution in [0.2, 0.25) is 0 Å². The maximum atomic E-state index is 13.2. The quantitative estimate of drug-likeness (QED) is 0.843. The summed E-state index contributed by atoms with van der Waals surface area (Å²) in [6, 6.07) is 5.41. The van der Waals surface area contributed by atoms with Gasteiger partial charge in [0.05, 0.1) is 18.8 Å². The summed E-state index contributed by atoms with van der Waals surface area (Å²) >= 11 is 0. The summed E-state index contributed by atoms with van der Waals surface area (Å²) in [5.74, 6) is -0.714. The number of esters is 1. The molecule has 1 aromatic carbocycles. The highest BCUT2D eigenvalue weighted by Gasteiger charge is 2.35. The lowest BCUT2D eigenvalue weighted by Gasteiger charge is -2.24. The largest absolute Gasteiger partial charge is 0.464 e. The van der Waals surface area contributed by atoms with Crippen LogP contribution in [0.1, 0.15) is 26.7 Å². The Bertz CT molecular complexity index is 466. The van der Waals surface area contributed by atoms with Gasteiger partial charge in [-0.25, -0.2) is 9.18 Å². The molecule has 0 radical (unpaired) electrons. The average Bonchev–Trinajstić information content (AvgIpc) is 2.83. The Morgan fingerprint density at radius 3 is 2.95 bits per heavy atom. The molecule has 4 nitrogen and oxygen atoms in total. The van der Waals surface area contributed by atoms with E-state index in [4.69, 9.17) is 9.47 Å². The first-order valence-corrected chi connectivity index (χ1v) is 6.94. The molecule has 20 heavy (non-hydrogen) atoms. The molecule has 110 valence electrons. The van der Waals surface area contributed by atoms with Crippen molar-refractivity contribution in [1.82, 2.24) is 0 Å². The van der Waals surface area contributed by atoms with E-state index in [1.54, 1.807) is 19.1 Å². The molecular weight excluding hydrogens is 261 g/mol. The van der Waals surface area contributed by atoms with Crippen molar-refractivity contribution >= 4 is 11.7 Å². The van der Waals surface area contributed by atoms with Gasteiger partial charge in [0, 0.05) is 5.69 Å². The van der Waals surface area contributed by atoms with E-state index >= 15 is 0 Å². The highest BCUT2D eigenvalue weighted by atomic mass is 19.1. The molecule has 1 aliphatic rings. The van der Waals surface area contributed by atoms with E-state index in [1.807, 2.05) is 6.92 Å². The SMILES string of the molecule is CCOC(=O)C(Nc1cccc(F)c1)C1CCC(C)O1. The fourth-order valence-corrected chi connectivity index (χ4v) is 2.37. The Labute approximate surface area is 118 Å². The molecular formula is C15H20FNO3. The lowest BCUT2D eigenvalue weighted by Crippen LogP contribution is -2.42. The number of carbonyl (C=O) groups is 1. The van der Waals surface area contributed by atoms with E-state index < -0.39 is 6.04 Å². The lowest BCUT2D eigenvalue weighted by molar-refractivity contribution is -0.147. The number of halogens is 1. The third kappa shape index (κ3) is 3.70.